The molecular formula is C22H34O6Si. The highest BCUT2D eigenvalue weighted by Crippen LogP contribution is 2.39. The lowest BCUT2D eigenvalue weighted by Crippen LogP contribution is -2.51. The van der Waals surface area contributed by atoms with Gasteiger partial charge in [0.2, 0.25) is 0 Å². The lowest BCUT2D eigenvalue weighted by Gasteiger charge is -2.42. The van der Waals surface area contributed by atoms with Crippen molar-refractivity contribution in [3.8, 4) is 0 Å². The summed E-state index contributed by atoms with van der Waals surface area (Å²) < 4.78 is 16.9. The van der Waals surface area contributed by atoms with Crippen molar-refractivity contribution in [1.29, 1.82) is 0 Å². The van der Waals surface area contributed by atoms with E-state index in [0.29, 0.717) is 11.8 Å². The topological polar surface area (TPSA) is 78.9 Å². The first kappa shape index (κ1) is 25.0. The van der Waals surface area contributed by atoms with E-state index in [-0.39, 0.29) is 5.04 Å². The summed E-state index contributed by atoms with van der Waals surface area (Å²) in [5.41, 5.74) is 0.356. The van der Waals surface area contributed by atoms with Gasteiger partial charge in [0.05, 0.1) is 24.7 Å². The number of ether oxygens (including phenoxy) is 2. The van der Waals surface area contributed by atoms with Gasteiger partial charge in [0.25, 0.3) is 0 Å². The Morgan fingerprint density at radius 1 is 1.07 bits per heavy atom. The van der Waals surface area contributed by atoms with Crippen molar-refractivity contribution in [2.24, 2.45) is 11.8 Å². The standard InChI is InChI=1S/C22H34O6Si/c1-15(18(14-23)27-21(25)17-12-10-9-11-13-17)19(16(2)20(24)26-6)28-29(7,8)22(3,4)5/h9-16,18-19H,1-8H3/t15-,16+,18+,19+/m1/s1. The molecule has 0 saturated heterocycles. The Morgan fingerprint density at radius 3 is 2.07 bits per heavy atom. The normalized spacial score (nSPS) is 16.3. The van der Waals surface area contributed by atoms with Crippen LogP contribution in [0, 0.1) is 11.8 Å². The molecule has 29 heavy (non-hydrogen) atoms. The fourth-order valence-electron chi connectivity index (χ4n) is 2.71. The number of esters is 2. The zero-order chi connectivity index (χ0) is 22.4. The molecule has 1 rings (SSSR count). The van der Waals surface area contributed by atoms with Crippen LogP contribution < -0.4 is 0 Å². The van der Waals surface area contributed by atoms with Crippen LogP contribution in [-0.2, 0) is 23.5 Å². The van der Waals surface area contributed by atoms with Gasteiger partial charge in [0, 0.05) is 5.92 Å². The van der Waals surface area contributed by atoms with E-state index in [4.69, 9.17) is 13.9 Å². The molecule has 162 valence electrons. The van der Waals surface area contributed by atoms with E-state index in [0.717, 1.165) is 0 Å². The number of aldehydes is 1. The second kappa shape index (κ2) is 10.2. The second-order valence-electron chi connectivity index (χ2n) is 8.89. The van der Waals surface area contributed by atoms with E-state index in [1.807, 2.05) is 0 Å². The van der Waals surface area contributed by atoms with E-state index < -0.39 is 44.3 Å². The molecule has 0 bridgehead atoms. The Hall–Kier alpha value is -1.99. The minimum Gasteiger partial charge on any atom is -0.469 e. The van der Waals surface area contributed by atoms with Crippen LogP contribution in [0.2, 0.25) is 18.1 Å². The molecule has 0 fully saturated rings. The molecular weight excluding hydrogens is 388 g/mol. The fourth-order valence-corrected chi connectivity index (χ4v) is 4.17. The molecule has 0 amide bonds. The molecule has 4 atom stereocenters. The lowest BCUT2D eigenvalue weighted by atomic mass is 9.89. The van der Waals surface area contributed by atoms with Crippen LogP contribution >= 0.6 is 0 Å². The largest absolute Gasteiger partial charge is 0.469 e. The first-order valence-electron chi connectivity index (χ1n) is 9.82. The average molecular weight is 423 g/mol. The maximum absolute atomic E-state index is 12.4. The van der Waals surface area contributed by atoms with E-state index in [1.54, 1.807) is 44.2 Å². The molecule has 7 heteroatoms. The Balaban J connectivity index is 3.15. The summed E-state index contributed by atoms with van der Waals surface area (Å²) in [5, 5.41) is -0.0990. The maximum Gasteiger partial charge on any atom is 0.338 e. The molecule has 0 aromatic heterocycles. The zero-order valence-electron chi connectivity index (χ0n) is 18.7. The van der Waals surface area contributed by atoms with Crippen molar-refractivity contribution in [2.75, 3.05) is 7.11 Å². The van der Waals surface area contributed by atoms with Gasteiger partial charge in [-0.25, -0.2) is 4.79 Å². The summed E-state index contributed by atoms with van der Waals surface area (Å²) in [4.78, 5) is 36.5. The number of carbonyl (C=O) groups is 3. The highest BCUT2D eigenvalue weighted by Gasteiger charge is 2.45. The minimum absolute atomic E-state index is 0.0990. The number of hydrogen-bond acceptors (Lipinski definition) is 6. The van der Waals surface area contributed by atoms with Crippen molar-refractivity contribution in [1.82, 2.24) is 0 Å². The van der Waals surface area contributed by atoms with Crippen molar-refractivity contribution < 1.29 is 28.3 Å². The highest BCUT2D eigenvalue weighted by molar-refractivity contribution is 6.74. The molecule has 0 radical (unpaired) electrons. The first-order chi connectivity index (χ1) is 13.4. The number of benzene rings is 1. The lowest BCUT2D eigenvalue weighted by molar-refractivity contribution is -0.151. The molecule has 0 unspecified atom stereocenters. The number of carbonyl (C=O) groups excluding carboxylic acids is 3. The molecule has 1 aromatic rings. The Bertz CT molecular complexity index is 695. The summed E-state index contributed by atoms with van der Waals surface area (Å²) in [6, 6.07) is 8.47. The maximum atomic E-state index is 12.4. The van der Waals surface area contributed by atoms with Crippen LogP contribution in [0.4, 0.5) is 0 Å². The quantitative estimate of drug-likeness (QED) is 0.336. The Morgan fingerprint density at radius 2 is 1.62 bits per heavy atom. The molecule has 0 N–H and O–H groups in total. The van der Waals surface area contributed by atoms with Crippen LogP contribution in [0.5, 0.6) is 0 Å². The number of methoxy groups -OCH3 is 1. The number of hydrogen-bond donors (Lipinski definition) is 0. The number of rotatable bonds is 9. The van der Waals surface area contributed by atoms with Gasteiger partial charge in [-0.2, -0.15) is 0 Å². The summed E-state index contributed by atoms with van der Waals surface area (Å²) in [6.07, 6.45) is -1.09. The van der Waals surface area contributed by atoms with E-state index >= 15 is 0 Å². The molecule has 0 saturated carbocycles. The summed E-state index contributed by atoms with van der Waals surface area (Å²) >= 11 is 0. The van der Waals surface area contributed by atoms with Crippen molar-refractivity contribution in [2.45, 2.75) is 65.0 Å². The third-order valence-corrected chi connectivity index (χ3v) is 10.2. The summed E-state index contributed by atoms with van der Waals surface area (Å²) in [5.74, 6) is -2.18. The van der Waals surface area contributed by atoms with Gasteiger partial charge in [0.15, 0.2) is 20.7 Å². The van der Waals surface area contributed by atoms with Crippen LogP contribution in [0.25, 0.3) is 0 Å². The van der Waals surface area contributed by atoms with Gasteiger partial charge < -0.3 is 13.9 Å². The predicted octanol–water partition coefficient (Wildman–Crippen LogP) is 4.25. The van der Waals surface area contributed by atoms with Gasteiger partial charge in [-0.1, -0.05) is 45.9 Å². The average Bonchev–Trinajstić information content (AvgIpc) is 2.68. The predicted molar refractivity (Wildman–Crippen MR) is 114 cm³/mol. The molecule has 0 aliphatic heterocycles. The molecule has 0 heterocycles. The van der Waals surface area contributed by atoms with E-state index in [2.05, 4.69) is 33.9 Å². The van der Waals surface area contributed by atoms with Crippen LogP contribution in [0.3, 0.4) is 0 Å². The Labute approximate surface area is 175 Å². The van der Waals surface area contributed by atoms with Crippen molar-refractivity contribution >= 4 is 26.5 Å². The second-order valence-corrected chi connectivity index (χ2v) is 13.6. The van der Waals surface area contributed by atoms with E-state index in [1.165, 1.54) is 7.11 Å². The third kappa shape index (κ3) is 6.50. The van der Waals surface area contributed by atoms with Gasteiger partial charge in [0.1, 0.15) is 0 Å². The van der Waals surface area contributed by atoms with Crippen LogP contribution in [0.1, 0.15) is 45.0 Å². The molecule has 0 aliphatic rings. The van der Waals surface area contributed by atoms with Crippen molar-refractivity contribution in [3.63, 3.8) is 0 Å². The fraction of sp³-hybridized carbons (Fsp3) is 0.591. The SMILES string of the molecule is COC(=O)[C@@H](C)[C@@H](O[Si](C)(C)C(C)(C)C)[C@H](C)[C@H](C=O)OC(=O)c1ccccc1. The monoisotopic (exact) mass is 422 g/mol. The highest BCUT2D eigenvalue weighted by atomic mass is 28.4. The summed E-state index contributed by atoms with van der Waals surface area (Å²) in [7, 11) is -0.960. The summed E-state index contributed by atoms with van der Waals surface area (Å²) in [6.45, 7) is 13.9. The first-order valence-corrected chi connectivity index (χ1v) is 12.7. The smallest absolute Gasteiger partial charge is 0.338 e. The third-order valence-electron chi connectivity index (χ3n) is 5.73. The zero-order valence-corrected chi connectivity index (χ0v) is 19.7. The van der Waals surface area contributed by atoms with Crippen molar-refractivity contribution in [3.05, 3.63) is 35.9 Å². The minimum atomic E-state index is -2.28. The molecule has 0 spiro atoms. The van der Waals surface area contributed by atoms with E-state index in [9.17, 15) is 14.4 Å². The van der Waals surface area contributed by atoms with Gasteiger partial charge in [-0.3, -0.25) is 9.59 Å². The molecule has 1 aromatic carbocycles. The van der Waals surface area contributed by atoms with Gasteiger partial charge >= 0.3 is 11.9 Å². The van der Waals surface area contributed by atoms with Crippen LogP contribution in [0.15, 0.2) is 30.3 Å². The Kier molecular flexibility index (Phi) is 8.77. The van der Waals surface area contributed by atoms with Gasteiger partial charge in [-0.05, 0) is 37.2 Å². The molecule has 0 aliphatic carbocycles. The van der Waals surface area contributed by atoms with Gasteiger partial charge in [-0.15, -0.1) is 0 Å². The van der Waals surface area contributed by atoms with Crippen LogP contribution in [-0.4, -0.2) is 45.9 Å². The molecule has 6 nitrogen and oxygen atoms in total.